The molecule has 2 N–H and O–H groups in total. The standard InChI is InChI=1S/C16H13NO4/c1-9-6-13(18)15(16(20)21-9)14(19)7-10-8-17-12-5-3-2-4-11(10)12/h2-6,8,17-18H,7H2,1H3. The number of carbonyl (C=O) groups is 1. The predicted molar refractivity (Wildman–Crippen MR) is 77.7 cm³/mol. The summed E-state index contributed by atoms with van der Waals surface area (Å²) in [5.41, 5.74) is 0.582. The third-order valence-electron chi connectivity index (χ3n) is 3.36. The maximum absolute atomic E-state index is 12.3. The minimum absolute atomic E-state index is 0.0192. The minimum Gasteiger partial charge on any atom is -0.507 e. The molecule has 3 aromatic rings. The maximum atomic E-state index is 12.3. The molecule has 106 valence electrons. The molecule has 0 aliphatic rings. The van der Waals surface area contributed by atoms with Gasteiger partial charge in [-0.15, -0.1) is 0 Å². The van der Waals surface area contributed by atoms with Crippen molar-refractivity contribution in [1.29, 1.82) is 0 Å². The molecule has 0 atom stereocenters. The van der Waals surface area contributed by atoms with E-state index in [-0.39, 0.29) is 23.5 Å². The van der Waals surface area contributed by atoms with Gasteiger partial charge in [0.1, 0.15) is 17.1 Å². The molecule has 2 aromatic heterocycles. The lowest BCUT2D eigenvalue weighted by atomic mass is 10.0. The molecular weight excluding hydrogens is 270 g/mol. The Balaban J connectivity index is 1.99. The lowest BCUT2D eigenvalue weighted by molar-refractivity contribution is 0.0986. The van der Waals surface area contributed by atoms with Crippen molar-refractivity contribution in [2.24, 2.45) is 0 Å². The highest BCUT2D eigenvalue weighted by Gasteiger charge is 2.19. The van der Waals surface area contributed by atoms with Gasteiger partial charge in [0.15, 0.2) is 5.78 Å². The predicted octanol–water partition coefficient (Wildman–Crippen LogP) is 2.56. The van der Waals surface area contributed by atoms with Gasteiger partial charge in [0.05, 0.1) is 0 Å². The third-order valence-corrected chi connectivity index (χ3v) is 3.36. The summed E-state index contributed by atoms with van der Waals surface area (Å²) in [7, 11) is 0. The van der Waals surface area contributed by atoms with E-state index >= 15 is 0 Å². The zero-order valence-corrected chi connectivity index (χ0v) is 11.3. The van der Waals surface area contributed by atoms with Crippen molar-refractivity contribution in [2.45, 2.75) is 13.3 Å². The Morgan fingerprint density at radius 3 is 2.86 bits per heavy atom. The molecule has 0 spiro atoms. The van der Waals surface area contributed by atoms with E-state index in [9.17, 15) is 14.7 Å². The van der Waals surface area contributed by atoms with Gasteiger partial charge in [0, 0.05) is 29.6 Å². The van der Waals surface area contributed by atoms with Gasteiger partial charge in [-0.1, -0.05) is 18.2 Å². The number of para-hydroxylation sites is 1. The SMILES string of the molecule is Cc1cc(O)c(C(=O)Cc2c[nH]c3ccccc23)c(=O)o1. The van der Waals surface area contributed by atoms with E-state index in [1.165, 1.54) is 13.0 Å². The maximum Gasteiger partial charge on any atom is 0.350 e. The van der Waals surface area contributed by atoms with E-state index in [2.05, 4.69) is 4.98 Å². The molecule has 5 nitrogen and oxygen atoms in total. The van der Waals surface area contributed by atoms with Gasteiger partial charge in [-0.25, -0.2) is 4.79 Å². The lowest BCUT2D eigenvalue weighted by Gasteiger charge is -2.03. The molecule has 0 saturated carbocycles. The number of carbonyl (C=O) groups excluding carboxylic acids is 1. The molecule has 0 fully saturated rings. The van der Waals surface area contributed by atoms with Crippen LogP contribution in [0.2, 0.25) is 0 Å². The average Bonchev–Trinajstić information content (AvgIpc) is 2.81. The smallest absolute Gasteiger partial charge is 0.350 e. The van der Waals surface area contributed by atoms with Crippen molar-refractivity contribution in [3.63, 3.8) is 0 Å². The summed E-state index contributed by atoms with van der Waals surface area (Å²) >= 11 is 0. The van der Waals surface area contributed by atoms with Crippen LogP contribution in [0, 0.1) is 6.92 Å². The summed E-state index contributed by atoms with van der Waals surface area (Å²) in [5.74, 6) is -0.541. The number of hydrogen-bond donors (Lipinski definition) is 2. The highest BCUT2D eigenvalue weighted by Crippen LogP contribution is 2.21. The summed E-state index contributed by atoms with van der Waals surface area (Å²) < 4.78 is 4.87. The van der Waals surface area contributed by atoms with Crippen LogP contribution < -0.4 is 5.63 Å². The molecule has 0 saturated heterocycles. The van der Waals surface area contributed by atoms with Gasteiger partial charge in [0.25, 0.3) is 0 Å². The fraction of sp³-hybridized carbons (Fsp3) is 0.125. The molecule has 0 unspecified atom stereocenters. The number of nitrogens with one attached hydrogen (secondary N) is 1. The monoisotopic (exact) mass is 283 g/mol. The van der Waals surface area contributed by atoms with E-state index in [1.807, 2.05) is 24.3 Å². The second-order valence-electron chi connectivity index (χ2n) is 4.86. The first-order chi connectivity index (χ1) is 10.1. The largest absolute Gasteiger partial charge is 0.507 e. The molecule has 0 bridgehead atoms. The Morgan fingerprint density at radius 1 is 1.33 bits per heavy atom. The molecule has 1 aromatic carbocycles. The van der Waals surface area contributed by atoms with Crippen molar-refractivity contribution in [3.05, 3.63) is 63.8 Å². The molecular formula is C16H13NO4. The first-order valence-corrected chi connectivity index (χ1v) is 6.48. The van der Waals surface area contributed by atoms with E-state index in [0.29, 0.717) is 0 Å². The highest BCUT2D eigenvalue weighted by atomic mass is 16.4. The van der Waals surface area contributed by atoms with Crippen LogP contribution >= 0.6 is 0 Å². The summed E-state index contributed by atoms with van der Waals surface area (Å²) in [4.78, 5) is 27.1. The fourth-order valence-corrected chi connectivity index (χ4v) is 2.39. The Bertz CT molecular complexity index is 889. The quantitative estimate of drug-likeness (QED) is 0.724. The zero-order chi connectivity index (χ0) is 15.0. The Labute approximate surface area is 119 Å². The van der Waals surface area contributed by atoms with Crippen LogP contribution in [-0.4, -0.2) is 15.9 Å². The Hall–Kier alpha value is -2.82. The number of benzene rings is 1. The Morgan fingerprint density at radius 2 is 2.10 bits per heavy atom. The molecule has 3 rings (SSSR count). The second kappa shape index (κ2) is 4.94. The number of aromatic hydroxyl groups is 1. The number of H-pyrrole nitrogens is 1. The van der Waals surface area contributed by atoms with E-state index in [1.54, 1.807) is 6.20 Å². The van der Waals surface area contributed by atoms with Crippen LogP contribution in [0.15, 0.2) is 45.7 Å². The first kappa shape index (κ1) is 13.2. The number of ketones is 1. The zero-order valence-electron chi connectivity index (χ0n) is 11.3. The molecule has 0 amide bonds. The fourth-order valence-electron chi connectivity index (χ4n) is 2.39. The van der Waals surface area contributed by atoms with Gasteiger partial charge < -0.3 is 14.5 Å². The van der Waals surface area contributed by atoms with Crippen molar-refractivity contribution in [3.8, 4) is 5.75 Å². The lowest BCUT2D eigenvalue weighted by Crippen LogP contribution is -2.16. The first-order valence-electron chi connectivity index (χ1n) is 6.48. The number of aryl methyl sites for hydroxylation is 1. The van der Waals surface area contributed by atoms with Crippen LogP contribution in [0.25, 0.3) is 10.9 Å². The van der Waals surface area contributed by atoms with Crippen molar-refractivity contribution in [2.75, 3.05) is 0 Å². The van der Waals surface area contributed by atoms with Crippen LogP contribution in [0.4, 0.5) is 0 Å². The van der Waals surface area contributed by atoms with Gasteiger partial charge >= 0.3 is 5.63 Å². The van der Waals surface area contributed by atoms with Gasteiger partial charge in [-0.05, 0) is 18.6 Å². The summed E-state index contributed by atoms with van der Waals surface area (Å²) in [6.07, 6.45) is 1.75. The molecule has 21 heavy (non-hydrogen) atoms. The Kier molecular flexibility index (Phi) is 3.10. The molecule has 0 aliphatic heterocycles. The summed E-state index contributed by atoms with van der Waals surface area (Å²) in [6, 6.07) is 8.84. The number of aromatic nitrogens is 1. The van der Waals surface area contributed by atoms with E-state index in [0.717, 1.165) is 16.5 Å². The normalized spacial score (nSPS) is 10.9. The van der Waals surface area contributed by atoms with Gasteiger partial charge in [-0.2, -0.15) is 0 Å². The number of rotatable bonds is 3. The number of Topliss-reactive ketones (excluding diaryl/α,β-unsaturated/α-hetero) is 1. The van der Waals surface area contributed by atoms with Crippen LogP contribution in [0.3, 0.4) is 0 Å². The second-order valence-corrected chi connectivity index (χ2v) is 4.86. The summed E-state index contributed by atoms with van der Waals surface area (Å²) in [5, 5.41) is 10.7. The average molecular weight is 283 g/mol. The van der Waals surface area contributed by atoms with Crippen molar-refractivity contribution in [1.82, 2.24) is 4.98 Å². The van der Waals surface area contributed by atoms with Gasteiger partial charge in [-0.3, -0.25) is 4.79 Å². The topological polar surface area (TPSA) is 83.3 Å². The third kappa shape index (κ3) is 2.33. The molecule has 0 radical (unpaired) electrons. The number of hydrogen-bond acceptors (Lipinski definition) is 4. The van der Waals surface area contributed by atoms with Crippen molar-refractivity contribution >= 4 is 16.7 Å². The summed E-state index contributed by atoms with van der Waals surface area (Å²) in [6.45, 7) is 1.54. The molecule has 5 heteroatoms. The minimum atomic E-state index is -0.808. The van der Waals surface area contributed by atoms with Crippen LogP contribution in [0.1, 0.15) is 21.7 Å². The number of fused-ring (bicyclic) bond motifs is 1. The van der Waals surface area contributed by atoms with Gasteiger partial charge in [0.2, 0.25) is 0 Å². The van der Waals surface area contributed by atoms with Crippen LogP contribution in [-0.2, 0) is 6.42 Å². The van der Waals surface area contributed by atoms with Crippen molar-refractivity contribution < 1.29 is 14.3 Å². The number of aromatic amines is 1. The molecule has 0 aliphatic carbocycles. The van der Waals surface area contributed by atoms with E-state index in [4.69, 9.17) is 4.42 Å². The van der Waals surface area contributed by atoms with E-state index < -0.39 is 11.4 Å². The molecule has 2 heterocycles. The highest BCUT2D eigenvalue weighted by molar-refractivity contribution is 6.01. The van der Waals surface area contributed by atoms with Crippen LogP contribution in [0.5, 0.6) is 5.75 Å².